The molecule has 18 heavy (non-hydrogen) atoms. The first-order chi connectivity index (χ1) is 8.43. The number of esters is 1. The van der Waals surface area contributed by atoms with Crippen molar-refractivity contribution in [1.82, 2.24) is 5.32 Å². The Labute approximate surface area is 111 Å². The number of methoxy groups -OCH3 is 1. The van der Waals surface area contributed by atoms with Crippen molar-refractivity contribution in [3.8, 4) is 0 Å². The molecule has 0 aliphatic rings. The van der Waals surface area contributed by atoms with Crippen molar-refractivity contribution in [2.75, 3.05) is 19.4 Å². The number of nitrogens with one attached hydrogen (secondary N) is 1. The highest BCUT2D eigenvalue weighted by Crippen LogP contribution is 2.05. The van der Waals surface area contributed by atoms with Crippen molar-refractivity contribution in [3.63, 3.8) is 0 Å². The summed E-state index contributed by atoms with van der Waals surface area (Å²) < 4.78 is 16.4. The Hall–Kier alpha value is -0.910. The molecule has 0 fully saturated rings. The number of hydrogen-bond acceptors (Lipinski definition) is 4. The number of rotatable bonds is 8. The molecule has 0 radical (unpaired) electrons. The topological polar surface area (TPSA) is 72.5 Å². The Kier molecular flexibility index (Phi) is 8.62. The highest BCUT2D eigenvalue weighted by molar-refractivity contribution is 7.86. The summed E-state index contributed by atoms with van der Waals surface area (Å²) in [5, 5.41) is 2.13. The zero-order valence-corrected chi connectivity index (χ0v) is 12.3. The molecule has 106 valence electrons. The van der Waals surface area contributed by atoms with Crippen molar-refractivity contribution in [1.29, 1.82) is 0 Å². The van der Waals surface area contributed by atoms with Crippen LogP contribution >= 0.6 is 0 Å². The molecule has 0 aromatic rings. The molecule has 0 bridgehead atoms. The van der Waals surface area contributed by atoms with Crippen molar-refractivity contribution < 1.29 is 18.5 Å². The van der Waals surface area contributed by atoms with Gasteiger partial charge in [0.25, 0.3) is 0 Å². The normalized spacial score (nSPS) is 15.6. The largest absolute Gasteiger partial charge is 0.469 e. The Morgan fingerprint density at radius 2 is 1.94 bits per heavy atom. The lowest BCUT2D eigenvalue weighted by Crippen LogP contribution is -2.38. The smallest absolute Gasteiger partial charge is 0.309 e. The van der Waals surface area contributed by atoms with E-state index in [0.29, 0.717) is 6.54 Å². The molecular formula is C12H23NO4S. The predicted molar refractivity (Wildman–Crippen MR) is 71.6 cm³/mol. The second kappa shape index (κ2) is 9.08. The van der Waals surface area contributed by atoms with Gasteiger partial charge in [-0.15, -0.1) is 0 Å². The number of carbonyl (C=O) groups excluding carboxylic acids is 2. The van der Waals surface area contributed by atoms with E-state index in [9.17, 15) is 13.8 Å². The second-order valence-corrected chi connectivity index (χ2v) is 6.06. The summed E-state index contributed by atoms with van der Waals surface area (Å²) >= 11 is 0. The summed E-state index contributed by atoms with van der Waals surface area (Å²) in [5.41, 5.74) is 0. The Morgan fingerprint density at radius 1 is 1.33 bits per heavy atom. The van der Waals surface area contributed by atoms with Crippen molar-refractivity contribution in [3.05, 3.63) is 0 Å². The van der Waals surface area contributed by atoms with Crippen LogP contribution in [0.25, 0.3) is 0 Å². The molecule has 0 aromatic heterocycles. The zero-order valence-electron chi connectivity index (χ0n) is 11.5. The summed E-state index contributed by atoms with van der Waals surface area (Å²) in [6, 6.07) is 0. The number of carbonyl (C=O) groups is 2. The molecule has 0 aliphatic heterocycles. The standard InChI is InChI=1S/C12H23NO4S/c1-5-6-7-13-11(14)10(3)18(16)8-9(2)12(15)17-4/h9-10H,5-8H2,1-4H3,(H,13,14). The maximum atomic E-state index is 11.9. The van der Waals surface area contributed by atoms with Crippen LogP contribution in [0.15, 0.2) is 0 Å². The van der Waals surface area contributed by atoms with Crippen LogP contribution in [-0.2, 0) is 25.1 Å². The molecule has 0 spiro atoms. The Morgan fingerprint density at radius 3 is 2.44 bits per heavy atom. The molecule has 0 saturated carbocycles. The van der Waals surface area contributed by atoms with E-state index in [0.717, 1.165) is 12.8 Å². The molecule has 0 aromatic carbocycles. The fourth-order valence-electron chi connectivity index (χ4n) is 1.31. The first-order valence-corrected chi connectivity index (χ1v) is 7.54. The van der Waals surface area contributed by atoms with E-state index in [1.165, 1.54) is 7.11 Å². The first kappa shape index (κ1) is 17.1. The molecule has 3 atom stereocenters. The SMILES string of the molecule is CCCCNC(=O)C(C)S(=O)CC(C)C(=O)OC. The third kappa shape index (κ3) is 6.14. The minimum atomic E-state index is -1.37. The van der Waals surface area contributed by atoms with Crippen LogP contribution in [0.4, 0.5) is 0 Å². The highest BCUT2D eigenvalue weighted by Gasteiger charge is 2.24. The van der Waals surface area contributed by atoms with E-state index in [1.54, 1.807) is 13.8 Å². The van der Waals surface area contributed by atoms with Crippen LogP contribution in [-0.4, -0.2) is 40.7 Å². The van der Waals surface area contributed by atoms with E-state index >= 15 is 0 Å². The quantitative estimate of drug-likeness (QED) is 0.527. The van der Waals surface area contributed by atoms with Gasteiger partial charge in [0.1, 0.15) is 5.25 Å². The monoisotopic (exact) mass is 277 g/mol. The lowest BCUT2D eigenvalue weighted by Gasteiger charge is -2.14. The maximum absolute atomic E-state index is 11.9. The van der Waals surface area contributed by atoms with E-state index in [1.807, 2.05) is 6.92 Å². The fraction of sp³-hybridized carbons (Fsp3) is 0.833. The van der Waals surface area contributed by atoms with Gasteiger partial charge in [-0.25, -0.2) is 0 Å². The van der Waals surface area contributed by atoms with Gasteiger partial charge in [0, 0.05) is 23.1 Å². The van der Waals surface area contributed by atoms with Crippen LogP contribution in [0.3, 0.4) is 0 Å². The molecule has 1 N–H and O–H groups in total. The van der Waals surface area contributed by atoms with Gasteiger partial charge in [-0.3, -0.25) is 13.8 Å². The maximum Gasteiger partial charge on any atom is 0.309 e. The lowest BCUT2D eigenvalue weighted by atomic mass is 10.2. The third-order valence-electron chi connectivity index (χ3n) is 2.61. The zero-order chi connectivity index (χ0) is 14.1. The number of ether oxygens (including phenoxy) is 1. The fourth-order valence-corrected chi connectivity index (χ4v) is 2.55. The van der Waals surface area contributed by atoms with Crippen LogP contribution < -0.4 is 5.32 Å². The molecule has 0 saturated heterocycles. The summed E-state index contributed by atoms with van der Waals surface area (Å²) in [6.45, 7) is 5.89. The molecule has 0 heterocycles. The summed E-state index contributed by atoms with van der Waals surface area (Å²) in [7, 11) is -0.0711. The van der Waals surface area contributed by atoms with Gasteiger partial charge in [0.15, 0.2) is 0 Å². The minimum Gasteiger partial charge on any atom is -0.469 e. The molecule has 1 amide bonds. The Bertz CT molecular complexity index is 306. The summed E-state index contributed by atoms with van der Waals surface area (Å²) in [6.07, 6.45) is 1.90. The third-order valence-corrected chi connectivity index (χ3v) is 4.44. The van der Waals surface area contributed by atoms with Crippen LogP contribution in [0.1, 0.15) is 33.6 Å². The lowest BCUT2D eigenvalue weighted by molar-refractivity contribution is -0.144. The average molecular weight is 277 g/mol. The van der Waals surface area contributed by atoms with Gasteiger partial charge in [-0.1, -0.05) is 20.3 Å². The first-order valence-electron chi connectivity index (χ1n) is 6.16. The van der Waals surface area contributed by atoms with Crippen LogP contribution in [0.2, 0.25) is 0 Å². The number of hydrogen-bond donors (Lipinski definition) is 1. The van der Waals surface area contributed by atoms with Gasteiger partial charge in [0.2, 0.25) is 5.91 Å². The van der Waals surface area contributed by atoms with Gasteiger partial charge in [0.05, 0.1) is 13.0 Å². The molecule has 5 nitrogen and oxygen atoms in total. The van der Waals surface area contributed by atoms with Crippen molar-refractivity contribution >= 4 is 22.7 Å². The molecule has 0 rings (SSSR count). The summed E-state index contributed by atoms with van der Waals surface area (Å²) in [4.78, 5) is 22.9. The van der Waals surface area contributed by atoms with Crippen molar-refractivity contribution in [2.45, 2.75) is 38.9 Å². The molecular weight excluding hydrogens is 254 g/mol. The Balaban J connectivity index is 4.16. The highest BCUT2D eigenvalue weighted by atomic mass is 32.2. The van der Waals surface area contributed by atoms with Gasteiger partial charge in [-0.05, 0) is 13.3 Å². The van der Waals surface area contributed by atoms with E-state index in [-0.39, 0.29) is 11.7 Å². The van der Waals surface area contributed by atoms with Gasteiger partial charge >= 0.3 is 5.97 Å². The van der Waals surface area contributed by atoms with E-state index in [4.69, 9.17) is 0 Å². The van der Waals surface area contributed by atoms with Gasteiger partial charge in [-0.2, -0.15) is 0 Å². The number of amides is 1. The van der Waals surface area contributed by atoms with Crippen LogP contribution in [0, 0.1) is 5.92 Å². The average Bonchev–Trinajstić information content (AvgIpc) is 2.36. The van der Waals surface area contributed by atoms with Gasteiger partial charge < -0.3 is 10.1 Å². The minimum absolute atomic E-state index is 0.148. The molecule has 0 aliphatic carbocycles. The van der Waals surface area contributed by atoms with Crippen molar-refractivity contribution in [2.24, 2.45) is 5.92 Å². The molecule has 3 unspecified atom stereocenters. The van der Waals surface area contributed by atoms with Crippen LogP contribution in [0.5, 0.6) is 0 Å². The summed E-state index contributed by atoms with van der Waals surface area (Å²) in [5.74, 6) is -0.933. The number of unbranched alkanes of at least 4 members (excludes halogenated alkanes) is 1. The molecule has 6 heteroatoms. The second-order valence-electron chi connectivity index (χ2n) is 4.26. The van der Waals surface area contributed by atoms with E-state index < -0.39 is 27.9 Å². The predicted octanol–water partition coefficient (Wildman–Crippen LogP) is 0.849. The van der Waals surface area contributed by atoms with E-state index in [2.05, 4.69) is 10.1 Å².